The molecule has 0 aliphatic carbocycles. The smallest absolute Gasteiger partial charge is 0.254 e. The first-order chi connectivity index (χ1) is 18.1. The average molecular weight is 498 g/mol. The van der Waals surface area contributed by atoms with Crippen LogP contribution < -0.4 is 4.74 Å². The number of carbonyl (C=O) groups excluding carboxylic acids is 2. The van der Waals surface area contributed by atoms with Crippen LogP contribution in [0.2, 0.25) is 0 Å². The topological polar surface area (TPSA) is 65.6 Å². The zero-order chi connectivity index (χ0) is 26.0. The predicted octanol–water partition coefficient (Wildman–Crippen LogP) is 5.69. The number of fused-ring (bicyclic) bond motifs is 1. The summed E-state index contributed by atoms with van der Waals surface area (Å²) < 4.78 is 5.22. The minimum atomic E-state index is -0.138. The Morgan fingerprint density at radius 3 is 2.32 bits per heavy atom. The quantitative estimate of drug-likeness (QED) is 0.273. The van der Waals surface area contributed by atoms with Crippen LogP contribution in [0.3, 0.4) is 0 Å². The number of ether oxygens (including phenoxy) is 1. The average Bonchev–Trinajstić information content (AvgIpc) is 3.36. The van der Waals surface area contributed by atoms with E-state index in [-0.39, 0.29) is 18.4 Å². The first-order valence-electron chi connectivity index (χ1n) is 12.9. The lowest BCUT2D eigenvalue weighted by molar-refractivity contribution is -0.132. The van der Waals surface area contributed by atoms with Gasteiger partial charge >= 0.3 is 0 Å². The van der Waals surface area contributed by atoms with Crippen LogP contribution in [0.25, 0.3) is 10.9 Å². The van der Waals surface area contributed by atoms with Gasteiger partial charge in [-0.25, -0.2) is 0 Å². The van der Waals surface area contributed by atoms with Crippen molar-refractivity contribution in [2.45, 2.75) is 32.7 Å². The molecule has 4 rings (SSSR count). The summed E-state index contributed by atoms with van der Waals surface area (Å²) >= 11 is 0. The maximum atomic E-state index is 13.7. The van der Waals surface area contributed by atoms with Gasteiger partial charge in [0.15, 0.2) is 0 Å². The molecular formula is C31H35N3O3. The summed E-state index contributed by atoms with van der Waals surface area (Å²) in [5.74, 6) is 0.501. The predicted molar refractivity (Wildman–Crippen MR) is 148 cm³/mol. The number of rotatable bonds is 12. The van der Waals surface area contributed by atoms with E-state index in [1.165, 1.54) is 10.9 Å². The number of hydrogen-bond donors (Lipinski definition) is 1. The van der Waals surface area contributed by atoms with E-state index in [0.29, 0.717) is 30.9 Å². The van der Waals surface area contributed by atoms with Gasteiger partial charge in [-0.05, 0) is 54.3 Å². The number of nitrogens with one attached hydrogen (secondary N) is 1. The first kappa shape index (κ1) is 26.0. The fourth-order valence-electron chi connectivity index (χ4n) is 4.47. The molecular weight excluding hydrogens is 462 g/mol. The molecule has 6 heteroatoms. The van der Waals surface area contributed by atoms with E-state index in [1.54, 1.807) is 36.3 Å². The van der Waals surface area contributed by atoms with Crippen LogP contribution in [0.15, 0.2) is 85.1 Å². The Labute approximate surface area is 218 Å². The molecule has 1 heterocycles. The Balaban J connectivity index is 1.52. The lowest BCUT2D eigenvalue weighted by Gasteiger charge is -2.28. The standard InChI is InChI=1S/C31H35N3O3/c1-3-4-19-34(31(36)25-14-16-27(37-2)17-15-25)23-30(35)33(22-24-10-6-5-7-11-24)20-18-26-21-32-29-13-9-8-12-28(26)29/h5-17,21,32H,3-4,18-20,22-23H2,1-2H3. The number of aromatic nitrogens is 1. The second-order valence-corrected chi connectivity index (χ2v) is 9.22. The van der Waals surface area contributed by atoms with E-state index >= 15 is 0 Å². The number of amides is 2. The number of carbonyl (C=O) groups is 2. The number of benzene rings is 3. The number of methoxy groups -OCH3 is 1. The van der Waals surface area contributed by atoms with Crippen molar-refractivity contribution >= 4 is 22.7 Å². The number of hydrogen-bond acceptors (Lipinski definition) is 3. The second-order valence-electron chi connectivity index (χ2n) is 9.22. The fourth-order valence-corrected chi connectivity index (χ4v) is 4.47. The highest BCUT2D eigenvalue weighted by atomic mass is 16.5. The number of para-hydroxylation sites is 1. The van der Waals surface area contributed by atoms with Crippen molar-refractivity contribution in [3.05, 3.63) is 102 Å². The zero-order valence-corrected chi connectivity index (χ0v) is 21.7. The largest absolute Gasteiger partial charge is 0.497 e. The van der Waals surface area contributed by atoms with Crippen molar-refractivity contribution in [3.8, 4) is 5.75 Å². The van der Waals surface area contributed by atoms with Crippen molar-refractivity contribution < 1.29 is 14.3 Å². The molecule has 6 nitrogen and oxygen atoms in total. The summed E-state index contributed by atoms with van der Waals surface area (Å²) in [6.07, 6.45) is 4.53. The van der Waals surface area contributed by atoms with Gasteiger partial charge in [-0.15, -0.1) is 0 Å². The van der Waals surface area contributed by atoms with Crippen molar-refractivity contribution in [3.63, 3.8) is 0 Å². The van der Waals surface area contributed by atoms with Crippen LogP contribution in [0, 0.1) is 0 Å². The number of unbranched alkanes of at least 4 members (excludes halogenated alkanes) is 1. The third kappa shape index (κ3) is 6.79. The van der Waals surface area contributed by atoms with Crippen molar-refractivity contribution in [1.29, 1.82) is 0 Å². The molecule has 0 radical (unpaired) electrons. The molecule has 2 amide bonds. The third-order valence-electron chi connectivity index (χ3n) is 6.63. The van der Waals surface area contributed by atoms with E-state index < -0.39 is 0 Å². The Hall–Kier alpha value is -4.06. The van der Waals surface area contributed by atoms with E-state index in [2.05, 4.69) is 24.0 Å². The Morgan fingerprint density at radius 2 is 1.59 bits per heavy atom. The van der Waals surface area contributed by atoms with Crippen molar-refractivity contribution in [2.75, 3.05) is 26.7 Å². The number of H-pyrrole nitrogens is 1. The zero-order valence-electron chi connectivity index (χ0n) is 21.7. The molecule has 1 N–H and O–H groups in total. The summed E-state index contributed by atoms with van der Waals surface area (Å²) in [6, 6.07) is 25.3. The number of aromatic amines is 1. The maximum absolute atomic E-state index is 13.7. The normalized spacial score (nSPS) is 10.9. The summed E-state index contributed by atoms with van der Waals surface area (Å²) in [6.45, 7) is 3.73. The van der Waals surface area contributed by atoms with Gasteiger partial charge in [-0.1, -0.05) is 61.9 Å². The fraction of sp³-hybridized carbons (Fsp3) is 0.290. The minimum Gasteiger partial charge on any atom is -0.497 e. The second kappa shape index (κ2) is 12.8. The molecule has 0 fully saturated rings. The van der Waals surface area contributed by atoms with E-state index in [9.17, 15) is 9.59 Å². The van der Waals surface area contributed by atoms with Crippen molar-refractivity contribution in [2.24, 2.45) is 0 Å². The van der Waals surface area contributed by atoms with Crippen molar-refractivity contribution in [1.82, 2.24) is 14.8 Å². The van der Waals surface area contributed by atoms with Gasteiger partial charge in [-0.2, -0.15) is 0 Å². The highest BCUT2D eigenvalue weighted by Gasteiger charge is 2.23. The third-order valence-corrected chi connectivity index (χ3v) is 6.63. The molecule has 0 spiro atoms. The van der Waals surface area contributed by atoms with E-state index in [0.717, 1.165) is 30.3 Å². The molecule has 1 aromatic heterocycles. The minimum absolute atomic E-state index is 0.0472. The summed E-state index contributed by atoms with van der Waals surface area (Å²) in [7, 11) is 1.60. The molecule has 0 bridgehead atoms. The highest BCUT2D eigenvalue weighted by molar-refractivity contribution is 5.96. The summed E-state index contributed by atoms with van der Waals surface area (Å²) in [5.41, 5.74) is 3.89. The Morgan fingerprint density at radius 1 is 0.865 bits per heavy atom. The van der Waals surface area contributed by atoms with E-state index in [1.807, 2.05) is 53.6 Å². The Bertz CT molecular complexity index is 1300. The van der Waals surface area contributed by atoms with Gasteiger partial charge in [0, 0.05) is 42.3 Å². The highest BCUT2D eigenvalue weighted by Crippen LogP contribution is 2.19. The van der Waals surface area contributed by atoms with Crippen LogP contribution in [0.1, 0.15) is 41.3 Å². The maximum Gasteiger partial charge on any atom is 0.254 e. The van der Waals surface area contributed by atoms with Crippen LogP contribution in [0.5, 0.6) is 5.75 Å². The van der Waals surface area contributed by atoms with Crippen LogP contribution in [0.4, 0.5) is 0 Å². The number of nitrogens with zero attached hydrogens (tertiary/aromatic N) is 2. The molecule has 0 saturated carbocycles. The monoisotopic (exact) mass is 497 g/mol. The first-order valence-corrected chi connectivity index (χ1v) is 12.9. The molecule has 0 atom stereocenters. The molecule has 0 unspecified atom stereocenters. The van der Waals surface area contributed by atoms with Crippen LogP contribution in [-0.4, -0.2) is 53.3 Å². The molecule has 0 aliphatic heterocycles. The molecule has 3 aromatic carbocycles. The summed E-state index contributed by atoms with van der Waals surface area (Å²) in [5, 5.41) is 1.17. The lowest BCUT2D eigenvalue weighted by Crippen LogP contribution is -2.43. The van der Waals surface area contributed by atoms with Gasteiger partial charge in [0.1, 0.15) is 12.3 Å². The van der Waals surface area contributed by atoms with Gasteiger partial charge in [0.2, 0.25) is 5.91 Å². The lowest BCUT2D eigenvalue weighted by atomic mass is 10.1. The van der Waals surface area contributed by atoms with E-state index in [4.69, 9.17) is 4.74 Å². The van der Waals surface area contributed by atoms with Gasteiger partial charge in [0.25, 0.3) is 5.91 Å². The van der Waals surface area contributed by atoms with Gasteiger partial charge in [-0.3, -0.25) is 9.59 Å². The van der Waals surface area contributed by atoms with Crippen LogP contribution in [-0.2, 0) is 17.8 Å². The van der Waals surface area contributed by atoms with Gasteiger partial charge < -0.3 is 19.5 Å². The Kier molecular flexibility index (Phi) is 8.98. The molecule has 0 aliphatic rings. The molecule has 192 valence electrons. The van der Waals surface area contributed by atoms with Gasteiger partial charge in [0.05, 0.1) is 7.11 Å². The van der Waals surface area contributed by atoms with Crippen LogP contribution >= 0.6 is 0 Å². The molecule has 37 heavy (non-hydrogen) atoms. The molecule has 4 aromatic rings. The summed E-state index contributed by atoms with van der Waals surface area (Å²) in [4.78, 5) is 33.9. The molecule has 0 saturated heterocycles. The SMILES string of the molecule is CCCCN(CC(=O)N(CCc1c[nH]c2ccccc12)Cc1ccccc1)C(=O)c1ccc(OC)cc1.